The fourth-order valence-corrected chi connectivity index (χ4v) is 2.77. The van der Waals surface area contributed by atoms with Crippen LogP contribution in [0.3, 0.4) is 0 Å². The highest BCUT2D eigenvalue weighted by Crippen LogP contribution is 2.25. The maximum atomic E-state index is 4.52. The maximum absolute atomic E-state index is 4.52. The summed E-state index contributed by atoms with van der Waals surface area (Å²) in [6, 6.07) is 13.2. The molecule has 0 aliphatic heterocycles. The van der Waals surface area contributed by atoms with Gasteiger partial charge in [0, 0.05) is 29.4 Å². The summed E-state index contributed by atoms with van der Waals surface area (Å²) in [5.74, 6) is 0. The number of aromatic nitrogens is 1. The van der Waals surface area contributed by atoms with Crippen molar-refractivity contribution in [3.05, 3.63) is 65.0 Å². The third kappa shape index (κ3) is 9.43. The van der Waals surface area contributed by atoms with Gasteiger partial charge in [-0.1, -0.05) is 92.6 Å². The van der Waals surface area contributed by atoms with E-state index in [0.29, 0.717) is 0 Å². The Morgan fingerprint density at radius 3 is 1.40 bits per heavy atom. The van der Waals surface area contributed by atoms with Crippen LogP contribution in [0.15, 0.2) is 42.6 Å². The van der Waals surface area contributed by atoms with Crippen molar-refractivity contribution in [3.63, 3.8) is 0 Å². The van der Waals surface area contributed by atoms with Crippen molar-refractivity contribution in [1.82, 2.24) is 10.3 Å². The molecule has 1 N–H and O–H groups in total. The number of nitrogens with zero attached hydrogens (tertiary/aromatic N) is 1. The van der Waals surface area contributed by atoms with Crippen LogP contribution in [-0.2, 0) is 22.8 Å². The zero-order valence-electron chi connectivity index (χ0n) is 21.7. The van der Waals surface area contributed by atoms with Crippen molar-refractivity contribution in [2.75, 3.05) is 0 Å². The van der Waals surface area contributed by atoms with Crippen LogP contribution < -0.4 is 5.32 Å². The first kappa shape index (κ1) is 26.4. The Bertz CT molecular complexity index is 723. The van der Waals surface area contributed by atoms with Crippen molar-refractivity contribution in [3.8, 4) is 0 Å². The van der Waals surface area contributed by atoms with Gasteiger partial charge >= 0.3 is 0 Å². The molecule has 0 saturated carbocycles. The average molecular weight is 411 g/mol. The van der Waals surface area contributed by atoms with Gasteiger partial charge in [0.2, 0.25) is 0 Å². The Labute approximate surface area is 186 Å². The molecule has 0 bridgehead atoms. The van der Waals surface area contributed by atoms with Crippen molar-refractivity contribution >= 4 is 0 Å². The Morgan fingerprint density at radius 1 is 0.600 bits per heavy atom. The summed E-state index contributed by atoms with van der Waals surface area (Å²) >= 11 is 0. The number of hydrogen-bond acceptors (Lipinski definition) is 2. The summed E-state index contributed by atoms with van der Waals surface area (Å²) < 4.78 is 0. The quantitative estimate of drug-likeness (QED) is 0.553. The number of hydrogen-bond donors (Lipinski definition) is 1. The lowest BCUT2D eigenvalue weighted by molar-refractivity contribution is 0.424. The molecule has 0 aliphatic carbocycles. The molecule has 0 spiro atoms. The van der Waals surface area contributed by atoms with Gasteiger partial charge in [-0.05, 0) is 54.4 Å². The molecule has 2 heteroatoms. The number of rotatable bonds is 2. The highest BCUT2D eigenvalue weighted by atomic mass is 14.9. The van der Waals surface area contributed by atoms with Gasteiger partial charge in [-0.2, -0.15) is 0 Å². The molecule has 2 nitrogen and oxygen atoms in total. The summed E-state index contributed by atoms with van der Waals surface area (Å²) in [5, 5.41) is 3.50. The molecule has 0 aliphatic rings. The molecule has 1 aromatic carbocycles. The fraction of sp³-hybridized carbons (Fsp3) is 0.607. The Hall–Kier alpha value is -1.67. The third-order valence-corrected chi connectivity index (χ3v) is 5.04. The second kappa shape index (κ2) is 9.64. The van der Waals surface area contributed by atoms with E-state index in [2.05, 4.69) is 130 Å². The molecule has 0 unspecified atom stereocenters. The minimum Gasteiger partial charge on any atom is -0.308 e. The number of nitrogens with one attached hydrogen (secondary N) is 1. The minimum absolute atomic E-state index is 0.149. The Morgan fingerprint density at radius 2 is 1.07 bits per heavy atom. The second-order valence-electron chi connectivity index (χ2n) is 12.5. The van der Waals surface area contributed by atoms with Crippen LogP contribution in [0.2, 0.25) is 0 Å². The van der Waals surface area contributed by atoms with Crippen LogP contribution >= 0.6 is 0 Å². The van der Waals surface area contributed by atoms with Gasteiger partial charge < -0.3 is 5.32 Å². The van der Waals surface area contributed by atoms with E-state index in [4.69, 9.17) is 0 Å². The first-order valence-electron chi connectivity index (χ1n) is 11.2. The Balaban J connectivity index is 0.000000303. The predicted molar refractivity (Wildman–Crippen MR) is 133 cm³/mol. The lowest BCUT2D eigenvalue weighted by Crippen LogP contribution is -2.35. The molecule has 1 heterocycles. The monoisotopic (exact) mass is 410 g/mol. The lowest BCUT2D eigenvalue weighted by Gasteiger charge is -2.22. The van der Waals surface area contributed by atoms with Crippen LogP contribution in [-0.4, -0.2) is 10.5 Å². The molecule has 2 rings (SSSR count). The van der Waals surface area contributed by atoms with Crippen LogP contribution in [0, 0.1) is 0 Å². The van der Waals surface area contributed by atoms with Crippen molar-refractivity contribution < 1.29 is 0 Å². The molecular formula is C28H46N2. The molecule has 0 amide bonds. The van der Waals surface area contributed by atoms with Gasteiger partial charge in [-0.25, -0.2) is 0 Å². The van der Waals surface area contributed by atoms with E-state index in [1.165, 1.54) is 16.7 Å². The van der Waals surface area contributed by atoms with Crippen molar-refractivity contribution in [1.29, 1.82) is 0 Å². The van der Waals surface area contributed by atoms with Gasteiger partial charge in [-0.15, -0.1) is 0 Å². The normalized spacial score (nSPS) is 12.9. The van der Waals surface area contributed by atoms with Gasteiger partial charge in [0.15, 0.2) is 0 Å². The predicted octanol–water partition coefficient (Wildman–Crippen LogP) is 7.55. The maximum Gasteiger partial charge on any atom is 0.0457 e. The fourth-order valence-electron chi connectivity index (χ4n) is 2.77. The highest BCUT2D eigenvalue weighted by molar-refractivity contribution is 5.27. The largest absolute Gasteiger partial charge is 0.308 e. The first-order chi connectivity index (χ1) is 13.4. The first-order valence-corrected chi connectivity index (χ1v) is 11.2. The standard InChI is InChI=1S/C15H25N.C13H21N/c1-14(2,3)13-9-7-12(8-10-13)11-16-15(4,5)6;1-12(2,3)10-7-8-11(14-9-10)13(4,5)6/h7-10,16H,11H2,1-6H3;7-9H,1-6H3. The lowest BCUT2D eigenvalue weighted by atomic mass is 9.86. The number of benzene rings is 1. The van der Waals surface area contributed by atoms with Crippen LogP contribution in [0.25, 0.3) is 0 Å². The number of pyridine rings is 1. The van der Waals surface area contributed by atoms with E-state index in [0.717, 1.165) is 12.2 Å². The molecule has 2 aromatic rings. The van der Waals surface area contributed by atoms with Crippen LogP contribution in [0.1, 0.15) is 105 Å². The van der Waals surface area contributed by atoms with Gasteiger partial charge in [0.1, 0.15) is 0 Å². The summed E-state index contributed by atoms with van der Waals surface area (Å²) in [4.78, 5) is 4.52. The third-order valence-electron chi connectivity index (χ3n) is 5.04. The van der Waals surface area contributed by atoms with E-state index in [9.17, 15) is 0 Å². The summed E-state index contributed by atoms with van der Waals surface area (Å²) in [7, 11) is 0. The Kier molecular flexibility index (Phi) is 8.47. The van der Waals surface area contributed by atoms with Crippen molar-refractivity contribution in [2.24, 2.45) is 0 Å². The summed E-state index contributed by atoms with van der Waals surface area (Å²) in [6.45, 7) is 27.4. The molecule has 1 aromatic heterocycles. The second-order valence-corrected chi connectivity index (χ2v) is 12.5. The molecule has 0 atom stereocenters. The smallest absolute Gasteiger partial charge is 0.0457 e. The molecule has 0 saturated heterocycles. The summed E-state index contributed by atoms with van der Waals surface area (Å²) in [6.07, 6.45) is 2.00. The van der Waals surface area contributed by atoms with Crippen LogP contribution in [0.4, 0.5) is 0 Å². The molecule has 168 valence electrons. The van der Waals surface area contributed by atoms with E-state index >= 15 is 0 Å². The zero-order chi connectivity index (χ0) is 23.4. The van der Waals surface area contributed by atoms with E-state index in [-0.39, 0.29) is 21.8 Å². The van der Waals surface area contributed by atoms with E-state index in [1.54, 1.807) is 0 Å². The minimum atomic E-state index is 0.149. The molecule has 0 radical (unpaired) electrons. The van der Waals surface area contributed by atoms with Crippen molar-refractivity contribution in [2.45, 2.75) is 111 Å². The van der Waals surface area contributed by atoms with Gasteiger partial charge in [-0.3, -0.25) is 4.98 Å². The molecule has 0 fully saturated rings. The zero-order valence-corrected chi connectivity index (χ0v) is 21.7. The van der Waals surface area contributed by atoms with Gasteiger partial charge in [0.25, 0.3) is 0 Å². The molecular weight excluding hydrogens is 364 g/mol. The topological polar surface area (TPSA) is 24.9 Å². The highest BCUT2D eigenvalue weighted by Gasteiger charge is 2.18. The van der Waals surface area contributed by atoms with Crippen LogP contribution in [0.5, 0.6) is 0 Å². The SMILES string of the molecule is CC(C)(C)NCc1ccc(C(C)(C)C)cc1.CC(C)(C)c1ccc(C(C)(C)C)nc1. The van der Waals surface area contributed by atoms with E-state index < -0.39 is 0 Å². The molecule has 30 heavy (non-hydrogen) atoms. The summed E-state index contributed by atoms with van der Waals surface area (Å²) in [5.41, 5.74) is 5.98. The van der Waals surface area contributed by atoms with E-state index in [1.807, 2.05) is 6.20 Å². The average Bonchev–Trinajstić information content (AvgIpc) is 2.58. The van der Waals surface area contributed by atoms with Gasteiger partial charge in [0.05, 0.1) is 0 Å².